The molecule has 0 aliphatic heterocycles. The number of carbonyl (C=O) groups excluding carboxylic acids is 1. The number of rotatable bonds is 5. The molecule has 2 N–H and O–H groups in total. The van der Waals surface area contributed by atoms with Crippen LogP contribution in [0.2, 0.25) is 10.0 Å². The molecule has 1 atom stereocenters. The zero-order valence-electron chi connectivity index (χ0n) is 11.0. The number of benzene rings is 1. The lowest BCUT2D eigenvalue weighted by Crippen LogP contribution is -2.52. The molecule has 0 spiro atoms. The van der Waals surface area contributed by atoms with Crippen LogP contribution in [-0.2, 0) is 4.79 Å². The normalized spacial score (nSPS) is 12.9. The summed E-state index contributed by atoms with van der Waals surface area (Å²) in [5, 5.41) is 13.0. The third kappa shape index (κ3) is 4.90. The van der Waals surface area contributed by atoms with Gasteiger partial charge in [0.1, 0.15) is 5.75 Å². The molecule has 19 heavy (non-hydrogen) atoms. The van der Waals surface area contributed by atoms with Crippen molar-refractivity contribution in [1.82, 2.24) is 5.32 Å². The van der Waals surface area contributed by atoms with E-state index >= 15 is 0 Å². The second-order valence-corrected chi connectivity index (χ2v) is 5.65. The smallest absolute Gasteiger partial charge is 0.258 e. The van der Waals surface area contributed by atoms with Crippen molar-refractivity contribution in [2.45, 2.75) is 32.4 Å². The predicted octanol–water partition coefficient (Wildman–Crippen LogP) is 2.65. The van der Waals surface area contributed by atoms with Gasteiger partial charge in [-0.15, -0.1) is 0 Å². The van der Waals surface area contributed by atoms with E-state index in [1.807, 2.05) is 0 Å². The van der Waals surface area contributed by atoms with Gasteiger partial charge in [0.2, 0.25) is 0 Å². The molecule has 4 nitrogen and oxygen atoms in total. The maximum absolute atomic E-state index is 11.7. The van der Waals surface area contributed by atoms with Crippen molar-refractivity contribution in [3.8, 4) is 5.75 Å². The van der Waals surface area contributed by atoms with E-state index < -0.39 is 11.6 Å². The Hall–Kier alpha value is -0.970. The summed E-state index contributed by atoms with van der Waals surface area (Å²) >= 11 is 11.7. The molecule has 1 amide bonds. The molecular weight excluding hydrogens is 289 g/mol. The van der Waals surface area contributed by atoms with Crippen LogP contribution in [0.3, 0.4) is 0 Å². The quantitative estimate of drug-likeness (QED) is 0.879. The Morgan fingerprint density at radius 2 is 2.11 bits per heavy atom. The molecule has 0 radical (unpaired) electrons. The first-order valence-corrected chi connectivity index (χ1v) is 6.55. The van der Waals surface area contributed by atoms with Crippen molar-refractivity contribution in [3.63, 3.8) is 0 Å². The third-order valence-corrected chi connectivity index (χ3v) is 3.31. The number of aliphatic hydroxyl groups excluding tert-OH is 1. The van der Waals surface area contributed by atoms with Gasteiger partial charge in [-0.2, -0.15) is 0 Å². The lowest BCUT2D eigenvalue weighted by atomic mass is 9.99. The maximum Gasteiger partial charge on any atom is 0.258 e. The average Bonchev–Trinajstić information content (AvgIpc) is 2.29. The SMILES string of the molecule is CC(O)C(C)(C)NC(=O)COc1cc(Cl)ccc1Cl. The first-order chi connectivity index (χ1) is 8.72. The summed E-state index contributed by atoms with van der Waals surface area (Å²) in [5.74, 6) is 0.00103. The lowest BCUT2D eigenvalue weighted by Gasteiger charge is -2.29. The van der Waals surface area contributed by atoms with Gasteiger partial charge >= 0.3 is 0 Å². The molecule has 0 saturated heterocycles. The zero-order valence-corrected chi connectivity index (χ0v) is 12.5. The zero-order chi connectivity index (χ0) is 14.6. The third-order valence-electron chi connectivity index (χ3n) is 2.76. The fraction of sp³-hybridized carbons (Fsp3) is 0.462. The van der Waals surface area contributed by atoms with Crippen LogP contribution in [0, 0.1) is 0 Å². The molecule has 0 heterocycles. The van der Waals surface area contributed by atoms with Crippen LogP contribution in [0.15, 0.2) is 18.2 Å². The van der Waals surface area contributed by atoms with Gasteiger partial charge in [-0.3, -0.25) is 4.79 Å². The van der Waals surface area contributed by atoms with E-state index in [0.29, 0.717) is 15.8 Å². The highest BCUT2D eigenvalue weighted by Gasteiger charge is 2.26. The fourth-order valence-electron chi connectivity index (χ4n) is 1.23. The van der Waals surface area contributed by atoms with Crippen LogP contribution >= 0.6 is 23.2 Å². The number of halogens is 2. The highest BCUT2D eigenvalue weighted by Crippen LogP contribution is 2.27. The van der Waals surface area contributed by atoms with E-state index in [-0.39, 0.29) is 12.5 Å². The molecule has 1 unspecified atom stereocenters. The molecule has 0 saturated carbocycles. The summed E-state index contributed by atoms with van der Waals surface area (Å²) in [6, 6.07) is 4.77. The number of ether oxygens (including phenoxy) is 1. The number of hydrogen-bond acceptors (Lipinski definition) is 3. The molecule has 0 fully saturated rings. The van der Waals surface area contributed by atoms with Crippen LogP contribution in [0.1, 0.15) is 20.8 Å². The minimum atomic E-state index is -0.724. The van der Waals surface area contributed by atoms with Gasteiger partial charge in [-0.25, -0.2) is 0 Å². The van der Waals surface area contributed by atoms with Crippen LogP contribution < -0.4 is 10.1 Å². The van der Waals surface area contributed by atoms with Gasteiger partial charge in [-0.05, 0) is 32.9 Å². The number of aliphatic hydroxyl groups is 1. The minimum absolute atomic E-state index is 0.198. The largest absolute Gasteiger partial charge is 0.482 e. The highest BCUT2D eigenvalue weighted by molar-refractivity contribution is 6.34. The van der Waals surface area contributed by atoms with Gasteiger partial charge in [0, 0.05) is 11.1 Å². The van der Waals surface area contributed by atoms with E-state index in [2.05, 4.69) is 5.32 Å². The van der Waals surface area contributed by atoms with Gasteiger partial charge < -0.3 is 15.2 Å². The fourth-order valence-corrected chi connectivity index (χ4v) is 1.57. The van der Waals surface area contributed by atoms with Gasteiger partial charge in [-0.1, -0.05) is 23.2 Å². The number of carbonyl (C=O) groups is 1. The summed E-state index contributed by atoms with van der Waals surface area (Å²) in [4.78, 5) is 11.7. The molecule has 0 aliphatic carbocycles. The predicted molar refractivity (Wildman–Crippen MR) is 75.9 cm³/mol. The van der Waals surface area contributed by atoms with Crippen molar-refractivity contribution in [3.05, 3.63) is 28.2 Å². The molecule has 0 aliphatic rings. The summed E-state index contributed by atoms with van der Waals surface area (Å²) < 4.78 is 5.29. The van der Waals surface area contributed by atoms with Crippen LogP contribution in [0.25, 0.3) is 0 Å². The average molecular weight is 306 g/mol. The van der Waals surface area contributed by atoms with E-state index in [4.69, 9.17) is 27.9 Å². The Morgan fingerprint density at radius 1 is 1.47 bits per heavy atom. The second-order valence-electron chi connectivity index (χ2n) is 4.81. The summed E-state index contributed by atoms with van der Waals surface area (Å²) in [6.07, 6.45) is -0.675. The number of nitrogens with one attached hydrogen (secondary N) is 1. The summed E-state index contributed by atoms with van der Waals surface area (Å²) in [5.41, 5.74) is -0.724. The summed E-state index contributed by atoms with van der Waals surface area (Å²) in [7, 11) is 0. The molecular formula is C13H17Cl2NO3. The Kier molecular flexibility index (Phi) is 5.47. The first-order valence-electron chi connectivity index (χ1n) is 5.79. The Morgan fingerprint density at radius 3 is 2.68 bits per heavy atom. The minimum Gasteiger partial charge on any atom is -0.482 e. The number of hydrogen-bond donors (Lipinski definition) is 2. The standard InChI is InChI=1S/C13H17Cl2NO3/c1-8(17)13(2,3)16-12(18)7-19-11-6-9(14)4-5-10(11)15/h4-6,8,17H,7H2,1-3H3,(H,16,18). The Bertz CT molecular complexity index is 461. The van der Waals surface area contributed by atoms with Gasteiger partial charge in [0.05, 0.1) is 16.7 Å². The first kappa shape index (κ1) is 16.1. The van der Waals surface area contributed by atoms with Gasteiger partial charge in [0.15, 0.2) is 6.61 Å². The van der Waals surface area contributed by atoms with Crippen molar-refractivity contribution >= 4 is 29.1 Å². The molecule has 6 heteroatoms. The van der Waals surface area contributed by atoms with Crippen molar-refractivity contribution in [2.75, 3.05) is 6.61 Å². The van der Waals surface area contributed by atoms with Crippen LogP contribution in [0.5, 0.6) is 5.75 Å². The number of amides is 1. The molecule has 0 bridgehead atoms. The van der Waals surface area contributed by atoms with Crippen molar-refractivity contribution < 1.29 is 14.6 Å². The maximum atomic E-state index is 11.7. The second kappa shape index (κ2) is 6.46. The van der Waals surface area contributed by atoms with E-state index in [1.165, 1.54) is 6.07 Å². The van der Waals surface area contributed by atoms with E-state index in [1.54, 1.807) is 32.9 Å². The van der Waals surface area contributed by atoms with E-state index in [9.17, 15) is 9.90 Å². The topological polar surface area (TPSA) is 58.6 Å². The highest BCUT2D eigenvalue weighted by atomic mass is 35.5. The van der Waals surface area contributed by atoms with Crippen molar-refractivity contribution in [2.24, 2.45) is 0 Å². The Balaban J connectivity index is 2.57. The van der Waals surface area contributed by atoms with Crippen LogP contribution in [-0.4, -0.2) is 29.3 Å². The molecule has 0 aromatic heterocycles. The molecule has 1 rings (SSSR count). The van der Waals surface area contributed by atoms with Gasteiger partial charge in [0.25, 0.3) is 5.91 Å². The monoisotopic (exact) mass is 305 g/mol. The van der Waals surface area contributed by atoms with Crippen LogP contribution in [0.4, 0.5) is 0 Å². The molecule has 1 aromatic carbocycles. The van der Waals surface area contributed by atoms with E-state index in [0.717, 1.165) is 0 Å². The molecule has 106 valence electrons. The summed E-state index contributed by atoms with van der Waals surface area (Å²) in [6.45, 7) is 4.86. The molecule has 1 aromatic rings. The lowest BCUT2D eigenvalue weighted by molar-refractivity contribution is -0.126. The van der Waals surface area contributed by atoms with Crippen molar-refractivity contribution in [1.29, 1.82) is 0 Å². The Labute approximate surface area is 122 Å².